The van der Waals surface area contributed by atoms with E-state index >= 15 is 0 Å². The minimum atomic E-state index is -0.547. The van der Waals surface area contributed by atoms with Crippen molar-refractivity contribution in [2.75, 3.05) is 24.4 Å². The van der Waals surface area contributed by atoms with E-state index in [9.17, 15) is 4.79 Å². The van der Waals surface area contributed by atoms with Crippen molar-refractivity contribution in [3.05, 3.63) is 64.4 Å². The number of hydrogen-bond donors (Lipinski definition) is 2. The Morgan fingerprint density at radius 2 is 1.94 bits per heavy atom. The molecule has 0 bridgehead atoms. The molecule has 36 heavy (non-hydrogen) atoms. The molecule has 2 heterocycles. The van der Waals surface area contributed by atoms with E-state index in [0.29, 0.717) is 35.3 Å². The summed E-state index contributed by atoms with van der Waals surface area (Å²) in [5.41, 5.74) is 4.91. The lowest BCUT2D eigenvalue weighted by Crippen LogP contribution is -2.31. The van der Waals surface area contributed by atoms with Crippen molar-refractivity contribution in [3.8, 4) is 11.5 Å². The van der Waals surface area contributed by atoms with E-state index in [1.165, 1.54) is 12.8 Å². The average molecular weight is 491 g/mol. The van der Waals surface area contributed by atoms with Crippen LogP contribution in [0.15, 0.2) is 47.7 Å². The van der Waals surface area contributed by atoms with Gasteiger partial charge in [0.2, 0.25) is 5.95 Å². The lowest BCUT2D eigenvalue weighted by molar-refractivity contribution is -0.113. The summed E-state index contributed by atoms with van der Waals surface area (Å²) in [6.07, 6.45) is 4.50. The molecule has 0 aliphatic carbocycles. The molecule has 1 aliphatic rings. The van der Waals surface area contributed by atoms with Gasteiger partial charge in [-0.3, -0.25) is 4.79 Å². The molecule has 1 aliphatic heterocycles. The SMILES string of the molecule is CCCCCCOc1ccc(C2C(C(=O)Nc3cccc(C)c3C)=C(C)Nc3nnnn32)cc1OC. The first-order valence-electron chi connectivity index (χ1n) is 12.4. The van der Waals surface area contributed by atoms with Crippen LogP contribution in [0.4, 0.5) is 11.6 Å². The van der Waals surface area contributed by atoms with Gasteiger partial charge in [0.15, 0.2) is 11.5 Å². The fourth-order valence-corrected chi connectivity index (χ4v) is 4.38. The number of carbonyl (C=O) groups excluding carboxylic acids is 1. The maximum Gasteiger partial charge on any atom is 0.255 e. The van der Waals surface area contributed by atoms with Crippen LogP contribution in [0.2, 0.25) is 0 Å². The molecule has 1 amide bonds. The minimum absolute atomic E-state index is 0.227. The number of nitrogens with zero attached hydrogens (tertiary/aromatic N) is 4. The number of aromatic nitrogens is 4. The number of ether oxygens (including phenoxy) is 2. The van der Waals surface area contributed by atoms with Crippen LogP contribution in [0.25, 0.3) is 0 Å². The van der Waals surface area contributed by atoms with Gasteiger partial charge in [-0.1, -0.05) is 49.5 Å². The van der Waals surface area contributed by atoms with Gasteiger partial charge in [-0.15, -0.1) is 0 Å². The van der Waals surface area contributed by atoms with E-state index in [4.69, 9.17) is 9.47 Å². The van der Waals surface area contributed by atoms with E-state index in [1.807, 2.05) is 57.2 Å². The molecular formula is C27H34N6O3. The molecule has 190 valence electrons. The fraction of sp³-hybridized carbons (Fsp3) is 0.407. The van der Waals surface area contributed by atoms with Gasteiger partial charge in [-0.05, 0) is 72.5 Å². The number of tetrazole rings is 1. The van der Waals surface area contributed by atoms with Crippen molar-refractivity contribution >= 4 is 17.5 Å². The van der Waals surface area contributed by atoms with E-state index in [1.54, 1.807) is 11.8 Å². The monoisotopic (exact) mass is 490 g/mol. The molecule has 1 unspecified atom stereocenters. The van der Waals surface area contributed by atoms with Gasteiger partial charge in [0.05, 0.1) is 19.3 Å². The third-order valence-electron chi connectivity index (χ3n) is 6.57. The molecule has 2 aromatic carbocycles. The number of aryl methyl sites for hydroxylation is 1. The Bertz CT molecular complexity index is 1270. The minimum Gasteiger partial charge on any atom is -0.493 e. The summed E-state index contributed by atoms with van der Waals surface area (Å²) in [4.78, 5) is 13.7. The van der Waals surface area contributed by atoms with E-state index in [0.717, 1.165) is 35.2 Å². The zero-order valence-corrected chi connectivity index (χ0v) is 21.6. The number of fused-ring (bicyclic) bond motifs is 1. The predicted molar refractivity (Wildman–Crippen MR) is 139 cm³/mol. The number of allylic oxidation sites excluding steroid dienone is 1. The van der Waals surface area contributed by atoms with Crippen molar-refractivity contribution in [2.45, 2.75) is 59.4 Å². The number of hydrogen-bond acceptors (Lipinski definition) is 7. The third kappa shape index (κ3) is 5.19. The lowest BCUT2D eigenvalue weighted by Gasteiger charge is -2.28. The Hall–Kier alpha value is -3.88. The number of nitrogens with one attached hydrogen (secondary N) is 2. The van der Waals surface area contributed by atoms with Crippen LogP contribution in [-0.2, 0) is 4.79 Å². The van der Waals surface area contributed by atoms with Crippen LogP contribution in [0.3, 0.4) is 0 Å². The highest BCUT2D eigenvalue weighted by Gasteiger charge is 2.34. The topological polar surface area (TPSA) is 103 Å². The van der Waals surface area contributed by atoms with Crippen molar-refractivity contribution in [2.24, 2.45) is 0 Å². The van der Waals surface area contributed by atoms with Crippen LogP contribution in [0, 0.1) is 13.8 Å². The molecule has 0 saturated carbocycles. The summed E-state index contributed by atoms with van der Waals surface area (Å²) in [5, 5.41) is 18.3. The Balaban J connectivity index is 1.66. The van der Waals surface area contributed by atoms with Crippen LogP contribution in [0.5, 0.6) is 11.5 Å². The predicted octanol–water partition coefficient (Wildman–Crippen LogP) is 5.19. The first kappa shape index (κ1) is 25.2. The van der Waals surface area contributed by atoms with E-state index in [2.05, 4.69) is 33.1 Å². The smallest absolute Gasteiger partial charge is 0.255 e. The highest BCUT2D eigenvalue weighted by atomic mass is 16.5. The van der Waals surface area contributed by atoms with E-state index in [-0.39, 0.29) is 5.91 Å². The zero-order valence-electron chi connectivity index (χ0n) is 21.6. The molecule has 0 fully saturated rings. The Morgan fingerprint density at radius 3 is 2.72 bits per heavy atom. The largest absolute Gasteiger partial charge is 0.493 e. The Kier molecular flexibility index (Phi) is 7.87. The number of benzene rings is 2. The highest BCUT2D eigenvalue weighted by Crippen LogP contribution is 2.39. The second-order valence-electron chi connectivity index (χ2n) is 9.03. The fourth-order valence-electron chi connectivity index (χ4n) is 4.38. The first-order valence-corrected chi connectivity index (χ1v) is 12.4. The second-order valence-corrected chi connectivity index (χ2v) is 9.03. The Morgan fingerprint density at radius 1 is 1.11 bits per heavy atom. The van der Waals surface area contributed by atoms with Gasteiger partial charge < -0.3 is 20.1 Å². The molecule has 0 saturated heterocycles. The molecule has 1 atom stereocenters. The van der Waals surface area contributed by atoms with Gasteiger partial charge >= 0.3 is 0 Å². The molecule has 3 aromatic rings. The van der Waals surface area contributed by atoms with Crippen LogP contribution in [-0.4, -0.2) is 39.8 Å². The van der Waals surface area contributed by atoms with Crippen molar-refractivity contribution in [3.63, 3.8) is 0 Å². The van der Waals surface area contributed by atoms with Crippen LogP contribution in [0.1, 0.15) is 62.3 Å². The molecule has 9 heteroatoms. The Labute approximate surface area is 211 Å². The lowest BCUT2D eigenvalue weighted by atomic mass is 9.94. The third-order valence-corrected chi connectivity index (χ3v) is 6.57. The first-order chi connectivity index (χ1) is 17.4. The number of unbranched alkanes of at least 4 members (excludes halogenated alkanes) is 3. The summed E-state index contributed by atoms with van der Waals surface area (Å²) in [7, 11) is 1.61. The summed E-state index contributed by atoms with van der Waals surface area (Å²) >= 11 is 0. The molecule has 9 nitrogen and oxygen atoms in total. The molecule has 0 spiro atoms. The number of rotatable bonds is 10. The normalized spacial score (nSPS) is 14.8. The molecular weight excluding hydrogens is 456 g/mol. The van der Waals surface area contributed by atoms with Gasteiger partial charge in [0.25, 0.3) is 5.91 Å². The second kappa shape index (κ2) is 11.2. The number of carbonyl (C=O) groups is 1. The standard InChI is InChI=1S/C27H34N6O3/c1-6-7-8-9-15-36-22-14-13-20(16-23(22)35-5)25-24(19(4)28-27-30-31-32-33(25)27)26(34)29-21-12-10-11-17(2)18(21)3/h10-14,16,25H,6-9,15H2,1-5H3,(H,29,34)(H,28,30,32). The van der Waals surface area contributed by atoms with Crippen LogP contribution >= 0.6 is 0 Å². The van der Waals surface area contributed by atoms with Gasteiger partial charge in [0, 0.05) is 11.4 Å². The number of amides is 1. The maximum atomic E-state index is 13.7. The molecule has 1 aromatic heterocycles. The maximum absolute atomic E-state index is 13.7. The van der Waals surface area contributed by atoms with Gasteiger partial charge in [-0.2, -0.15) is 4.68 Å². The number of anilines is 2. The molecule has 4 rings (SSSR count). The summed E-state index contributed by atoms with van der Waals surface area (Å²) in [6.45, 7) is 8.69. The van der Waals surface area contributed by atoms with Crippen molar-refractivity contribution in [1.29, 1.82) is 0 Å². The summed E-state index contributed by atoms with van der Waals surface area (Å²) in [6, 6.07) is 11.0. The summed E-state index contributed by atoms with van der Waals surface area (Å²) < 4.78 is 13.3. The van der Waals surface area contributed by atoms with Crippen LogP contribution < -0.4 is 20.1 Å². The zero-order chi connectivity index (χ0) is 25.7. The van der Waals surface area contributed by atoms with Gasteiger partial charge in [0.1, 0.15) is 6.04 Å². The summed E-state index contributed by atoms with van der Waals surface area (Å²) in [5.74, 6) is 1.51. The molecule has 0 radical (unpaired) electrons. The highest BCUT2D eigenvalue weighted by molar-refractivity contribution is 6.06. The number of methoxy groups -OCH3 is 1. The van der Waals surface area contributed by atoms with Crippen molar-refractivity contribution < 1.29 is 14.3 Å². The quantitative estimate of drug-likeness (QED) is 0.377. The van der Waals surface area contributed by atoms with Gasteiger partial charge in [-0.25, -0.2) is 0 Å². The van der Waals surface area contributed by atoms with Crippen molar-refractivity contribution in [1.82, 2.24) is 20.2 Å². The molecule has 2 N–H and O–H groups in total. The average Bonchev–Trinajstić information content (AvgIpc) is 3.34. The van der Waals surface area contributed by atoms with E-state index < -0.39 is 6.04 Å².